The van der Waals surface area contributed by atoms with Gasteiger partial charge in [-0.2, -0.15) is 0 Å². The van der Waals surface area contributed by atoms with Crippen LogP contribution in [0.1, 0.15) is 18.1 Å². The van der Waals surface area contributed by atoms with Gasteiger partial charge in [0.25, 0.3) is 0 Å². The number of thioether (sulfide) groups is 2. The molecule has 0 atom stereocenters. The summed E-state index contributed by atoms with van der Waals surface area (Å²) in [6.07, 6.45) is 1.32. The molecule has 0 aliphatic carbocycles. The summed E-state index contributed by atoms with van der Waals surface area (Å²) in [4.78, 5) is 24.9. The molecule has 3 aromatic rings. The van der Waals surface area contributed by atoms with Gasteiger partial charge in [0, 0.05) is 20.9 Å². The van der Waals surface area contributed by atoms with Crippen molar-refractivity contribution >= 4 is 33.8 Å². The molecule has 0 aliphatic rings. The molecule has 0 radical (unpaired) electrons. The van der Waals surface area contributed by atoms with E-state index in [1.165, 1.54) is 17.8 Å². The molecule has 0 amide bonds. The van der Waals surface area contributed by atoms with Crippen LogP contribution < -0.4 is 0 Å². The van der Waals surface area contributed by atoms with Crippen LogP contribution in [0.3, 0.4) is 0 Å². The summed E-state index contributed by atoms with van der Waals surface area (Å²) in [5.41, 5.74) is 4.50. The zero-order valence-corrected chi connectivity index (χ0v) is 18.7. The van der Waals surface area contributed by atoms with Crippen LogP contribution in [0.2, 0.25) is 0 Å². The highest BCUT2D eigenvalue weighted by Crippen LogP contribution is 2.25. The fourth-order valence-electron chi connectivity index (χ4n) is 2.56. The average molecular weight is 441 g/mol. The van der Waals surface area contributed by atoms with Crippen LogP contribution in [0.25, 0.3) is 11.1 Å². The minimum absolute atomic E-state index is 0.0300. The molecule has 3 rings (SSSR count). The first-order valence-electron chi connectivity index (χ1n) is 9.49. The predicted octanol–water partition coefficient (Wildman–Crippen LogP) is 6.75. The number of benzene rings is 3. The molecule has 2 nitrogen and oxygen atoms in total. The van der Waals surface area contributed by atoms with Crippen LogP contribution in [-0.4, -0.2) is 10.2 Å². The number of hydrogen-bond donors (Lipinski definition) is 0. The second-order valence-electron chi connectivity index (χ2n) is 6.67. The molecule has 0 N–H and O–H groups in total. The van der Waals surface area contributed by atoms with Crippen molar-refractivity contribution in [3.05, 3.63) is 109 Å². The molecule has 0 unspecified atom stereocenters. The van der Waals surface area contributed by atoms with Crippen molar-refractivity contribution < 1.29 is 9.59 Å². The second-order valence-corrected chi connectivity index (χ2v) is 8.80. The van der Waals surface area contributed by atoms with E-state index in [-0.39, 0.29) is 10.2 Å². The van der Waals surface area contributed by atoms with E-state index in [0.717, 1.165) is 43.8 Å². The lowest BCUT2D eigenvalue weighted by Gasteiger charge is -2.03. The van der Waals surface area contributed by atoms with Crippen LogP contribution in [0.4, 0.5) is 0 Å². The fourth-order valence-corrected chi connectivity index (χ4v) is 3.81. The molecule has 152 valence electrons. The molecule has 0 saturated carbocycles. The van der Waals surface area contributed by atoms with Gasteiger partial charge in [0.2, 0.25) is 10.2 Å². The van der Waals surface area contributed by atoms with Crippen molar-refractivity contribution in [1.29, 1.82) is 0 Å². The summed E-state index contributed by atoms with van der Waals surface area (Å²) in [5.74, 6) is 6.32. The Balaban J connectivity index is 1.65. The first-order chi connectivity index (χ1) is 14.9. The molecule has 3 aromatic carbocycles. The van der Waals surface area contributed by atoms with Crippen molar-refractivity contribution in [2.24, 2.45) is 0 Å². The van der Waals surface area contributed by atoms with E-state index in [0.29, 0.717) is 5.57 Å². The van der Waals surface area contributed by atoms with Crippen LogP contribution in [0.5, 0.6) is 0 Å². The SMILES string of the molecule is C=CC(=O)Sc1ccc(-c2ccc(C#Cc3ccc(SC(=O)C(=C)C)cc3)cc2)cc1. The summed E-state index contributed by atoms with van der Waals surface area (Å²) < 4.78 is 0. The fraction of sp³-hybridized carbons (Fsp3) is 0.0370. The number of rotatable bonds is 5. The van der Waals surface area contributed by atoms with Gasteiger partial charge in [-0.05, 0) is 102 Å². The predicted molar refractivity (Wildman–Crippen MR) is 131 cm³/mol. The molecular weight excluding hydrogens is 420 g/mol. The minimum atomic E-state index is -0.0654. The highest BCUT2D eigenvalue weighted by atomic mass is 32.2. The molecule has 0 heterocycles. The van der Waals surface area contributed by atoms with Crippen molar-refractivity contribution in [3.8, 4) is 23.0 Å². The number of carbonyl (C=O) groups excluding carboxylic acids is 2. The van der Waals surface area contributed by atoms with Gasteiger partial charge in [0.1, 0.15) is 0 Å². The van der Waals surface area contributed by atoms with E-state index in [9.17, 15) is 9.59 Å². The summed E-state index contributed by atoms with van der Waals surface area (Å²) >= 11 is 2.33. The lowest BCUT2D eigenvalue weighted by atomic mass is 10.0. The van der Waals surface area contributed by atoms with E-state index in [1.807, 2.05) is 72.8 Å². The third-order valence-electron chi connectivity index (χ3n) is 4.22. The van der Waals surface area contributed by atoms with Gasteiger partial charge in [-0.3, -0.25) is 9.59 Å². The van der Waals surface area contributed by atoms with E-state index >= 15 is 0 Å². The van der Waals surface area contributed by atoms with Crippen LogP contribution in [0, 0.1) is 11.8 Å². The lowest BCUT2D eigenvalue weighted by Crippen LogP contribution is -1.90. The maximum atomic E-state index is 11.7. The summed E-state index contributed by atoms with van der Waals surface area (Å²) in [7, 11) is 0. The van der Waals surface area contributed by atoms with Gasteiger partial charge in [0.15, 0.2) is 0 Å². The van der Waals surface area contributed by atoms with E-state index < -0.39 is 0 Å². The van der Waals surface area contributed by atoms with Gasteiger partial charge in [-0.25, -0.2) is 0 Å². The van der Waals surface area contributed by atoms with E-state index in [1.54, 1.807) is 6.92 Å². The van der Waals surface area contributed by atoms with E-state index in [2.05, 4.69) is 25.0 Å². The van der Waals surface area contributed by atoms with Crippen molar-refractivity contribution in [3.63, 3.8) is 0 Å². The molecule has 0 aromatic heterocycles. The Morgan fingerprint density at radius 2 is 1.16 bits per heavy atom. The van der Waals surface area contributed by atoms with Gasteiger partial charge in [-0.15, -0.1) is 0 Å². The first-order valence-corrected chi connectivity index (χ1v) is 11.1. The molecular formula is C27H20O2S2. The number of carbonyl (C=O) groups is 2. The van der Waals surface area contributed by atoms with Crippen molar-refractivity contribution in [1.82, 2.24) is 0 Å². The Kier molecular flexibility index (Phi) is 7.72. The topological polar surface area (TPSA) is 34.1 Å². The van der Waals surface area contributed by atoms with Crippen LogP contribution in [-0.2, 0) is 9.59 Å². The molecule has 31 heavy (non-hydrogen) atoms. The van der Waals surface area contributed by atoms with Crippen LogP contribution in [0.15, 0.2) is 107 Å². The molecule has 4 heteroatoms. The van der Waals surface area contributed by atoms with Crippen molar-refractivity contribution in [2.45, 2.75) is 16.7 Å². The maximum Gasteiger partial charge on any atom is 0.219 e. The van der Waals surface area contributed by atoms with Gasteiger partial charge < -0.3 is 0 Å². The second kappa shape index (κ2) is 10.7. The highest BCUT2D eigenvalue weighted by molar-refractivity contribution is 8.14. The lowest BCUT2D eigenvalue weighted by molar-refractivity contribution is -0.108. The third kappa shape index (κ3) is 6.62. The quantitative estimate of drug-likeness (QED) is 0.250. The summed E-state index contributed by atoms with van der Waals surface area (Å²) in [5, 5.41) is -0.0954. The summed E-state index contributed by atoms with van der Waals surface area (Å²) in [6.45, 7) is 8.86. The van der Waals surface area contributed by atoms with Gasteiger partial charge in [-0.1, -0.05) is 49.3 Å². The molecule has 0 bridgehead atoms. The highest BCUT2D eigenvalue weighted by Gasteiger charge is 2.05. The maximum absolute atomic E-state index is 11.7. The van der Waals surface area contributed by atoms with Gasteiger partial charge >= 0.3 is 0 Å². The molecule has 0 spiro atoms. The standard InChI is InChI=1S/C27H20O2S2/c1-4-26(28)30-24-17-13-23(14-18-24)22-11-7-20(8-12-22)5-6-21-9-15-25(16-10-21)31-27(29)19(2)3/h4,7-18H,1-2H2,3H3. The average Bonchev–Trinajstić information content (AvgIpc) is 2.79. The number of hydrogen-bond acceptors (Lipinski definition) is 4. The Morgan fingerprint density at radius 1 is 0.742 bits per heavy atom. The summed E-state index contributed by atoms with van der Waals surface area (Å²) in [6, 6.07) is 23.5. The van der Waals surface area contributed by atoms with E-state index in [4.69, 9.17) is 0 Å². The Labute approximate surface area is 191 Å². The largest absolute Gasteiger partial charge is 0.282 e. The Bertz CT molecular complexity index is 1180. The smallest absolute Gasteiger partial charge is 0.219 e. The minimum Gasteiger partial charge on any atom is -0.282 e. The normalized spacial score (nSPS) is 9.97. The van der Waals surface area contributed by atoms with Crippen LogP contribution >= 0.6 is 23.5 Å². The van der Waals surface area contributed by atoms with Crippen molar-refractivity contribution in [2.75, 3.05) is 0 Å². The third-order valence-corrected chi connectivity index (χ3v) is 6.14. The molecule has 0 aliphatic heterocycles. The molecule has 0 saturated heterocycles. The Morgan fingerprint density at radius 3 is 1.65 bits per heavy atom. The van der Waals surface area contributed by atoms with Gasteiger partial charge in [0.05, 0.1) is 0 Å². The zero-order chi connectivity index (χ0) is 22.2. The monoisotopic (exact) mass is 440 g/mol. The first kappa shape index (κ1) is 22.4. The molecule has 0 fully saturated rings. The Hall–Kier alpha value is -3.26. The zero-order valence-electron chi connectivity index (χ0n) is 17.1.